The van der Waals surface area contributed by atoms with Crippen molar-refractivity contribution in [2.75, 3.05) is 26.3 Å². The van der Waals surface area contributed by atoms with Gasteiger partial charge in [-0.2, -0.15) is 26.3 Å². The van der Waals surface area contributed by atoms with Crippen molar-refractivity contribution in [3.8, 4) is 0 Å². The fourth-order valence-electron chi connectivity index (χ4n) is 5.68. The average Bonchev–Trinajstić information content (AvgIpc) is 3.28. The molecule has 4 atom stereocenters. The zero-order valence-electron chi connectivity index (χ0n) is 24.2. The van der Waals surface area contributed by atoms with Gasteiger partial charge >= 0.3 is 12.4 Å². The number of rotatable bonds is 8. The fourth-order valence-corrected chi connectivity index (χ4v) is 5.68. The largest absolute Gasteiger partial charge is 0.416 e. The molecule has 2 aromatic carbocycles. The first-order chi connectivity index (χ1) is 20.6. The Labute approximate surface area is 250 Å². The molecule has 8 nitrogen and oxygen atoms in total. The Balaban J connectivity index is 1.41. The fraction of sp³-hybridized carbons (Fsp3) is 0.567. The molecule has 5 rings (SSSR count). The highest BCUT2D eigenvalue weighted by Crippen LogP contribution is 2.44. The number of benzene rings is 2. The lowest BCUT2D eigenvalue weighted by molar-refractivity contribution is -0.187. The van der Waals surface area contributed by atoms with E-state index in [-0.39, 0.29) is 31.6 Å². The maximum Gasteiger partial charge on any atom is 0.416 e. The molecule has 0 aromatic heterocycles. The van der Waals surface area contributed by atoms with Crippen LogP contribution in [0, 0.1) is 0 Å². The molecule has 2 saturated heterocycles. The summed E-state index contributed by atoms with van der Waals surface area (Å²) in [6.07, 6.45) is -11.2. The van der Waals surface area contributed by atoms with Crippen LogP contribution in [-0.2, 0) is 54.0 Å². The van der Waals surface area contributed by atoms with Gasteiger partial charge in [-0.05, 0) is 49.2 Å². The number of alkyl halides is 6. The first-order valence-electron chi connectivity index (χ1n) is 14.2. The van der Waals surface area contributed by atoms with E-state index < -0.39 is 59.1 Å². The highest BCUT2D eigenvalue weighted by Gasteiger charge is 2.58. The van der Waals surface area contributed by atoms with E-state index in [0.29, 0.717) is 31.9 Å². The van der Waals surface area contributed by atoms with Crippen molar-refractivity contribution in [3.05, 3.63) is 70.8 Å². The topological polar surface area (TPSA) is 78.5 Å². The van der Waals surface area contributed by atoms with Crippen LogP contribution < -0.4 is 5.43 Å². The molecule has 1 amide bonds. The number of hydrogen-bond donors (Lipinski definition) is 1. The van der Waals surface area contributed by atoms with E-state index in [1.54, 1.807) is 18.9 Å². The summed E-state index contributed by atoms with van der Waals surface area (Å²) in [6, 6.07) is 9.19. The van der Waals surface area contributed by atoms with Gasteiger partial charge in [-0.3, -0.25) is 10.2 Å². The van der Waals surface area contributed by atoms with Crippen LogP contribution >= 0.6 is 0 Å². The minimum Gasteiger partial charge on any atom is -0.379 e. The molecule has 14 heteroatoms. The molecule has 0 bridgehead atoms. The SMILES string of the molecule is CC1(C)O[C@H]2[C@H](OCc3ccc(C(F)(F)F)cc3)C[C@](OCc3cccc(C(F)(F)F)c3)(C(=O)NN3CCOCC3)C[C@H]2O1. The van der Waals surface area contributed by atoms with Crippen LogP contribution in [-0.4, -0.2) is 66.9 Å². The molecule has 44 heavy (non-hydrogen) atoms. The van der Waals surface area contributed by atoms with E-state index in [2.05, 4.69) is 5.43 Å². The minimum atomic E-state index is -4.56. The van der Waals surface area contributed by atoms with Gasteiger partial charge in [0, 0.05) is 25.9 Å². The lowest BCUT2D eigenvalue weighted by atomic mass is 9.78. The van der Waals surface area contributed by atoms with Gasteiger partial charge in [-0.1, -0.05) is 24.3 Å². The zero-order valence-corrected chi connectivity index (χ0v) is 24.2. The van der Waals surface area contributed by atoms with Gasteiger partial charge in [-0.15, -0.1) is 0 Å². The maximum atomic E-state index is 14.0. The van der Waals surface area contributed by atoms with Gasteiger partial charge in [-0.25, -0.2) is 5.01 Å². The molecule has 0 radical (unpaired) electrons. The van der Waals surface area contributed by atoms with E-state index in [1.807, 2.05) is 0 Å². The maximum absolute atomic E-state index is 14.0. The predicted molar refractivity (Wildman–Crippen MR) is 143 cm³/mol. The van der Waals surface area contributed by atoms with Crippen LogP contribution in [0.3, 0.4) is 0 Å². The Morgan fingerprint density at radius 2 is 1.59 bits per heavy atom. The monoisotopic (exact) mass is 632 g/mol. The van der Waals surface area contributed by atoms with Gasteiger partial charge < -0.3 is 23.7 Å². The van der Waals surface area contributed by atoms with Gasteiger partial charge in [0.2, 0.25) is 0 Å². The molecule has 1 saturated carbocycles. The Morgan fingerprint density at radius 1 is 0.909 bits per heavy atom. The predicted octanol–water partition coefficient (Wildman–Crippen LogP) is 5.24. The lowest BCUT2D eigenvalue weighted by Crippen LogP contribution is -2.63. The van der Waals surface area contributed by atoms with E-state index in [4.69, 9.17) is 23.7 Å². The summed E-state index contributed by atoms with van der Waals surface area (Å²) in [5.41, 5.74) is 0.295. The van der Waals surface area contributed by atoms with Crippen LogP contribution in [0.4, 0.5) is 26.3 Å². The van der Waals surface area contributed by atoms with Crippen LogP contribution in [0.15, 0.2) is 48.5 Å². The summed E-state index contributed by atoms with van der Waals surface area (Å²) in [5.74, 6) is -1.57. The molecule has 1 N–H and O–H groups in total. The zero-order chi connectivity index (χ0) is 31.8. The van der Waals surface area contributed by atoms with E-state index in [1.165, 1.54) is 24.3 Å². The van der Waals surface area contributed by atoms with Crippen molar-refractivity contribution in [3.63, 3.8) is 0 Å². The van der Waals surface area contributed by atoms with Crippen LogP contribution in [0.25, 0.3) is 0 Å². The smallest absolute Gasteiger partial charge is 0.379 e. The van der Waals surface area contributed by atoms with Crippen molar-refractivity contribution in [1.29, 1.82) is 0 Å². The molecule has 2 aliphatic heterocycles. The number of hydrazine groups is 1. The van der Waals surface area contributed by atoms with Gasteiger partial charge in [0.25, 0.3) is 5.91 Å². The molecule has 2 aromatic rings. The average molecular weight is 633 g/mol. The van der Waals surface area contributed by atoms with Gasteiger partial charge in [0.05, 0.1) is 49.8 Å². The molecule has 0 unspecified atom stereocenters. The first kappa shape index (κ1) is 32.6. The van der Waals surface area contributed by atoms with Gasteiger partial charge in [0.1, 0.15) is 6.10 Å². The van der Waals surface area contributed by atoms with Crippen molar-refractivity contribution in [2.24, 2.45) is 0 Å². The summed E-state index contributed by atoms with van der Waals surface area (Å²) in [7, 11) is 0. The molecule has 2 heterocycles. The third-order valence-corrected chi connectivity index (χ3v) is 7.85. The van der Waals surface area contributed by atoms with Crippen molar-refractivity contribution >= 4 is 5.91 Å². The second-order valence-electron chi connectivity index (χ2n) is 11.6. The van der Waals surface area contributed by atoms with Crippen molar-refractivity contribution < 1.29 is 54.8 Å². The number of fused-ring (bicyclic) bond motifs is 1. The number of ether oxygens (including phenoxy) is 5. The summed E-state index contributed by atoms with van der Waals surface area (Å²) in [5, 5.41) is 1.68. The molecule has 3 fully saturated rings. The van der Waals surface area contributed by atoms with Crippen LogP contribution in [0.2, 0.25) is 0 Å². The summed E-state index contributed by atoms with van der Waals surface area (Å²) in [4.78, 5) is 14.0. The summed E-state index contributed by atoms with van der Waals surface area (Å²) >= 11 is 0. The number of amides is 1. The Kier molecular flexibility index (Phi) is 9.32. The number of carbonyl (C=O) groups is 1. The second-order valence-corrected chi connectivity index (χ2v) is 11.6. The van der Waals surface area contributed by atoms with Gasteiger partial charge in [0.15, 0.2) is 11.4 Å². The van der Waals surface area contributed by atoms with Crippen LogP contribution in [0.5, 0.6) is 0 Å². The van der Waals surface area contributed by atoms with E-state index in [9.17, 15) is 31.1 Å². The summed E-state index contributed by atoms with van der Waals surface area (Å²) < 4.78 is 109. The highest BCUT2D eigenvalue weighted by atomic mass is 19.4. The lowest BCUT2D eigenvalue weighted by Gasteiger charge is -2.44. The molecule has 0 spiro atoms. The third-order valence-electron chi connectivity index (χ3n) is 7.85. The Morgan fingerprint density at radius 3 is 2.25 bits per heavy atom. The number of nitrogens with zero attached hydrogens (tertiary/aromatic N) is 1. The molecular weight excluding hydrogens is 598 g/mol. The first-order valence-corrected chi connectivity index (χ1v) is 14.2. The number of nitrogens with one attached hydrogen (secondary N) is 1. The standard InChI is InChI=1S/C30H34F6N2O6/c1-27(2)43-24-16-28(26(39)37-38-10-12-40-13-11-38,42-18-20-4-3-5-22(14-20)30(34,35)36)15-23(25(24)44-27)41-17-19-6-8-21(9-7-19)29(31,32)33/h3-9,14,23-25H,10-13,15-18H2,1-2H3,(H,37,39)/t23-,24-,25+,28-/m1/s1. The molecule has 1 aliphatic carbocycles. The minimum absolute atomic E-state index is 0.0242. The normalized spacial score (nSPS) is 27.6. The number of carbonyl (C=O) groups excluding carboxylic acids is 1. The number of morpholine rings is 1. The number of hydrogen-bond acceptors (Lipinski definition) is 7. The second kappa shape index (κ2) is 12.6. The highest BCUT2D eigenvalue weighted by molar-refractivity contribution is 5.85. The van der Waals surface area contributed by atoms with E-state index in [0.717, 1.165) is 24.3 Å². The van der Waals surface area contributed by atoms with Crippen molar-refractivity contribution in [1.82, 2.24) is 10.4 Å². The molecule has 3 aliphatic rings. The Bertz CT molecular complexity index is 1300. The quantitative estimate of drug-likeness (QED) is 0.399. The van der Waals surface area contributed by atoms with Crippen molar-refractivity contribution in [2.45, 2.75) is 82.0 Å². The Hall–Kier alpha value is -2.75. The third kappa shape index (κ3) is 7.72. The molecular formula is C30H34F6N2O6. The summed E-state index contributed by atoms with van der Waals surface area (Å²) in [6.45, 7) is 4.64. The van der Waals surface area contributed by atoms with E-state index >= 15 is 0 Å². The number of halogens is 6. The molecule has 242 valence electrons. The van der Waals surface area contributed by atoms with Crippen LogP contribution in [0.1, 0.15) is 48.9 Å².